The van der Waals surface area contributed by atoms with Gasteiger partial charge >= 0.3 is 0 Å². The maximum atomic E-state index is 13.7. The van der Waals surface area contributed by atoms with Crippen LogP contribution in [-0.4, -0.2) is 43.8 Å². The average Bonchev–Trinajstić information content (AvgIpc) is 3.19. The van der Waals surface area contributed by atoms with Gasteiger partial charge in [0.15, 0.2) is 28.4 Å². The summed E-state index contributed by atoms with van der Waals surface area (Å²) in [5.74, 6) is 0.947. The van der Waals surface area contributed by atoms with Crippen LogP contribution >= 0.6 is 11.6 Å². The number of methoxy groups -OCH3 is 3. The number of carbonyl (C=O) groups excluding carboxylic acids is 1. The van der Waals surface area contributed by atoms with E-state index in [1.807, 2.05) is 12.1 Å². The molecule has 4 aromatic rings. The Morgan fingerprint density at radius 1 is 0.919 bits per heavy atom. The molecule has 1 unspecified atom stereocenters. The Bertz CT molecular complexity index is 1580. The van der Waals surface area contributed by atoms with Crippen LogP contribution < -0.4 is 19.6 Å². The van der Waals surface area contributed by atoms with Crippen LogP contribution in [0.15, 0.2) is 63.8 Å². The summed E-state index contributed by atoms with van der Waals surface area (Å²) in [6.07, 6.45) is 0.478. The summed E-state index contributed by atoms with van der Waals surface area (Å²) >= 11 is 6.15. The topological polar surface area (TPSA) is 98.4 Å². The zero-order chi connectivity index (χ0) is 26.3. The molecule has 0 aliphatic carbocycles. The molecule has 0 fully saturated rings. The number of ether oxygens (including phenoxy) is 3. The minimum Gasteiger partial charge on any atom is -0.504 e. The van der Waals surface area contributed by atoms with Gasteiger partial charge in [-0.05, 0) is 60.0 Å². The number of phenols is 1. The Hall–Kier alpha value is -4.17. The van der Waals surface area contributed by atoms with Crippen LogP contribution in [0.2, 0.25) is 5.02 Å². The molecule has 0 radical (unpaired) electrons. The molecule has 0 saturated heterocycles. The Kier molecular flexibility index (Phi) is 6.43. The fraction of sp³-hybridized carbons (Fsp3) is 0.214. The molecule has 1 aromatic heterocycles. The highest BCUT2D eigenvalue weighted by atomic mass is 35.5. The van der Waals surface area contributed by atoms with Gasteiger partial charge in [0.1, 0.15) is 5.58 Å². The minimum atomic E-state index is -0.753. The van der Waals surface area contributed by atoms with E-state index in [1.165, 1.54) is 19.2 Å². The monoisotopic (exact) mass is 521 g/mol. The molecule has 1 aliphatic heterocycles. The van der Waals surface area contributed by atoms with Crippen molar-refractivity contribution in [2.45, 2.75) is 12.5 Å². The highest BCUT2D eigenvalue weighted by Crippen LogP contribution is 2.41. The summed E-state index contributed by atoms with van der Waals surface area (Å²) in [5.41, 5.74) is 1.69. The molecular formula is C28H24ClNO7. The molecule has 2 heterocycles. The fourth-order valence-electron chi connectivity index (χ4n) is 4.72. The van der Waals surface area contributed by atoms with Crippen LogP contribution in [0.1, 0.15) is 33.3 Å². The Morgan fingerprint density at radius 2 is 1.68 bits per heavy atom. The standard InChI is InChI=1S/C28H24ClNO7/c1-34-21-8-4-15(12-23(21)36-3)10-11-30-25(16-5-7-19(31)22(13-16)35-2)24-26(32)18-14-17(29)6-9-20(18)37-27(24)28(30)33/h4-9,12-14,25,31H,10-11H2,1-3H3. The highest BCUT2D eigenvalue weighted by molar-refractivity contribution is 6.31. The van der Waals surface area contributed by atoms with E-state index in [1.54, 1.807) is 49.5 Å². The molecular weight excluding hydrogens is 498 g/mol. The van der Waals surface area contributed by atoms with E-state index >= 15 is 0 Å². The third-order valence-corrected chi connectivity index (χ3v) is 6.77. The van der Waals surface area contributed by atoms with Crippen molar-refractivity contribution in [3.05, 3.63) is 92.3 Å². The van der Waals surface area contributed by atoms with E-state index in [0.29, 0.717) is 28.5 Å². The van der Waals surface area contributed by atoms with Gasteiger partial charge in [-0.2, -0.15) is 0 Å². The van der Waals surface area contributed by atoms with Gasteiger partial charge in [-0.3, -0.25) is 9.59 Å². The molecule has 0 bridgehead atoms. The van der Waals surface area contributed by atoms with Crippen LogP contribution in [0.25, 0.3) is 11.0 Å². The van der Waals surface area contributed by atoms with E-state index in [2.05, 4.69) is 0 Å². The maximum absolute atomic E-state index is 13.7. The first-order chi connectivity index (χ1) is 17.9. The first-order valence-electron chi connectivity index (χ1n) is 11.5. The van der Waals surface area contributed by atoms with Crippen molar-refractivity contribution in [2.75, 3.05) is 27.9 Å². The minimum absolute atomic E-state index is 0.0100. The second-order valence-corrected chi connectivity index (χ2v) is 9.02. The van der Waals surface area contributed by atoms with Crippen molar-refractivity contribution >= 4 is 28.5 Å². The predicted octanol–water partition coefficient (Wildman–Crippen LogP) is 4.97. The number of aromatic hydroxyl groups is 1. The van der Waals surface area contributed by atoms with Crippen molar-refractivity contribution in [3.8, 4) is 23.0 Å². The predicted molar refractivity (Wildman–Crippen MR) is 138 cm³/mol. The molecule has 0 saturated carbocycles. The molecule has 8 nitrogen and oxygen atoms in total. The maximum Gasteiger partial charge on any atom is 0.290 e. The van der Waals surface area contributed by atoms with Gasteiger partial charge in [-0.25, -0.2) is 0 Å². The van der Waals surface area contributed by atoms with E-state index in [0.717, 1.165) is 5.56 Å². The zero-order valence-electron chi connectivity index (χ0n) is 20.4. The van der Waals surface area contributed by atoms with Crippen LogP contribution in [0.5, 0.6) is 23.0 Å². The molecule has 1 aliphatic rings. The third-order valence-electron chi connectivity index (χ3n) is 6.54. The number of nitrogens with zero attached hydrogens (tertiary/aromatic N) is 1. The van der Waals surface area contributed by atoms with Gasteiger partial charge in [-0.1, -0.05) is 23.7 Å². The largest absolute Gasteiger partial charge is 0.504 e. The van der Waals surface area contributed by atoms with Gasteiger partial charge < -0.3 is 28.6 Å². The zero-order valence-corrected chi connectivity index (χ0v) is 21.2. The quantitative estimate of drug-likeness (QED) is 0.367. The summed E-state index contributed by atoms with van der Waals surface area (Å²) in [6, 6.07) is 14.3. The SMILES string of the molecule is COc1cc(C2c3c(oc4ccc(Cl)cc4c3=O)C(=O)N2CCc2ccc(OC)c(OC)c2)ccc1O. The molecule has 37 heavy (non-hydrogen) atoms. The molecule has 5 rings (SSSR count). The molecule has 1 atom stereocenters. The Morgan fingerprint density at radius 3 is 2.41 bits per heavy atom. The second kappa shape index (κ2) is 9.71. The van der Waals surface area contributed by atoms with Crippen molar-refractivity contribution < 1.29 is 28.5 Å². The van der Waals surface area contributed by atoms with Crippen molar-refractivity contribution in [3.63, 3.8) is 0 Å². The summed E-state index contributed by atoms with van der Waals surface area (Å²) in [6.45, 7) is 0.281. The summed E-state index contributed by atoms with van der Waals surface area (Å²) < 4.78 is 22.0. The van der Waals surface area contributed by atoms with E-state index in [-0.39, 0.29) is 45.8 Å². The molecule has 3 aromatic carbocycles. The molecule has 1 amide bonds. The van der Waals surface area contributed by atoms with Crippen molar-refractivity contribution in [2.24, 2.45) is 0 Å². The number of benzene rings is 3. The van der Waals surface area contributed by atoms with E-state index in [9.17, 15) is 14.7 Å². The first-order valence-corrected chi connectivity index (χ1v) is 11.9. The number of hydrogen-bond acceptors (Lipinski definition) is 7. The molecule has 9 heteroatoms. The second-order valence-electron chi connectivity index (χ2n) is 8.59. The average molecular weight is 522 g/mol. The highest BCUT2D eigenvalue weighted by Gasteiger charge is 2.42. The van der Waals surface area contributed by atoms with Crippen LogP contribution in [0.3, 0.4) is 0 Å². The van der Waals surface area contributed by atoms with Crippen LogP contribution in [-0.2, 0) is 6.42 Å². The van der Waals surface area contributed by atoms with E-state index < -0.39 is 11.9 Å². The normalized spacial score (nSPS) is 14.6. The lowest BCUT2D eigenvalue weighted by Crippen LogP contribution is -2.31. The van der Waals surface area contributed by atoms with Crippen LogP contribution in [0.4, 0.5) is 0 Å². The van der Waals surface area contributed by atoms with Gasteiger partial charge in [0.05, 0.1) is 38.3 Å². The molecule has 190 valence electrons. The Labute approximate surface area is 217 Å². The molecule has 0 spiro atoms. The summed E-state index contributed by atoms with van der Waals surface area (Å²) in [5, 5.41) is 10.8. The lowest BCUT2D eigenvalue weighted by Gasteiger charge is -2.25. The van der Waals surface area contributed by atoms with Gasteiger partial charge in [-0.15, -0.1) is 0 Å². The summed E-state index contributed by atoms with van der Waals surface area (Å²) in [7, 11) is 4.56. The van der Waals surface area contributed by atoms with Gasteiger partial charge in [0, 0.05) is 11.6 Å². The van der Waals surface area contributed by atoms with Crippen molar-refractivity contribution in [1.82, 2.24) is 4.90 Å². The number of hydrogen-bond donors (Lipinski definition) is 1. The number of carbonyl (C=O) groups is 1. The van der Waals surface area contributed by atoms with Gasteiger partial charge in [0.2, 0.25) is 5.76 Å². The third kappa shape index (κ3) is 4.23. The summed E-state index contributed by atoms with van der Waals surface area (Å²) in [4.78, 5) is 28.9. The number of fused-ring (bicyclic) bond motifs is 2. The number of phenolic OH excluding ortho intramolecular Hbond substituents is 1. The van der Waals surface area contributed by atoms with E-state index in [4.69, 9.17) is 30.2 Å². The lowest BCUT2D eigenvalue weighted by molar-refractivity contribution is 0.0730. The number of halogens is 1. The number of rotatable bonds is 7. The lowest BCUT2D eigenvalue weighted by atomic mass is 9.97. The van der Waals surface area contributed by atoms with Crippen molar-refractivity contribution in [1.29, 1.82) is 0 Å². The smallest absolute Gasteiger partial charge is 0.290 e. The van der Waals surface area contributed by atoms with Crippen LogP contribution in [0, 0.1) is 0 Å². The number of amides is 1. The first kappa shape index (κ1) is 24.5. The fourth-order valence-corrected chi connectivity index (χ4v) is 4.89. The van der Waals surface area contributed by atoms with Gasteiger partial charge in [0.25, 0.3) is 5.91 Å². The Balaban J connectivity index is 1.61. The molecule has 1 N–H and O–H groups in total.